The van der Waals surface area contributed by atoms with E-state index >= 15 is 0 Å². The highest BCUT2D eigenvalue weighted by Crippen LogP contribution is 2.22. The topological polar surface area (TPSA) is 49.3 Å². The number of aryl methyl sites for hydroxylation is 1. The first-order valence-corrected chi connectivity index (χ1v) is 9.46. The second kappa shape index (κ2) is 7.62. The molecule has 0 N–H and O–H groups in total. The molecule has 1 aliphatic rings. The molecular formula is C21H21ClN4O. The number of hydrogen-bond acceptors (Lipinski definition) is 4. The fraction of sp³-hybridized carbons (Fsp3) is 0.286. The Bertz CT molecular complexity index is 969. The van der Waals surface area contributed by atoms with Crippen LogP contribution in [0.25, 0.3) is 10.9 Å². The lowest BCUT2D eigenvalue weighted by Gasteiger charge is -2.34. The van der Waals surface area contributed by atoms with Gasteiger partial charge in [0.15, 0.2) is 0 Å². The molecule has 6 heteroatoms. The van der Waals surface area contributed by atoms with Crippen LogP contribution in [0.5, 0.6) is 0 Å². The van der Waals surface area contributed by atoms with Gasteiger partial charge >= 0.3 is 0 Å². The number of hydrogen-bond donors (Lipinski definition) is 0. The zero-order chi connectivity index (χ0) is 18.8. The molecule has 0 radical (unpaired) electrons. The summed E-state index contributed by atoms with van der Waals surface area (Å²) in [5.74, 6) is 0.0411. The number of halogens is 1. The molecule has 0 saturated carbocycles. The van der Waals surface area contributed by atoms with E-state index in [4.69, 9.17) is 11.6 Å². The Morgan fingerprint density at radius 1 is 1.11 bits per heavy atom. The Morgan fingerprint density at radius 3 is 2.67 bits per heavy atom. The number of aromatic nitrogens is 2. The number of carbonyl (C=O) groups is 1. The zero-order valence-electron chi connectivity index (χ0n) is 15.2. The Balaban J connectivity index is 1.46. The maximum absolute atomic E-state index is 13.0. The van der Waals surface area contributed by atoms with Crippen LogP contribution in [-0.2, 0) is 6.54 Å². The summed E-state index contributed by atoms with van der Waals surface area (Å²) in [4.78, 5) is 26.2. The highest BCUT2D eigenvalue weighted by Gasteiger charge is 2.24. The van der Waals surface area contributed by atoms with Crippen molar-refractivity contribution >= 4 is 28.4 Å². The van der Waals surface area contributed by atoms with Gasteiger partial charge in [-0.05, 0) is 43.3 Å². The molecule has 0 aliphatic carbocycles. The molecule has 27 heavy (non-hydrogen) atoms. The van der Waals surface area contributed by atoms with Crippen LogP contribution in [-0.4, -0.2) is 51.9 Å². The minimum atomic E-state index is 0.0411. The summed E-state index contributed by atoms with van der Waals surface area (Å²) >= 11 is 6.09. The van der Waals surface area contributed by atoms with Crippen molar-refractivity contribution in [1.82, 2.24) is 19.8 Å². The average Bonchev–Trinajstić information content (AvgIpc) is 2.69. The lowest BCUT2D eigenvalue weighted by Crippen LogP contribution is -2.48. The molecule has 5 nitrogen and oxygen atoms in total. The lowest BCUT2D eigenvalue weighted by atomic mass is 10.1. The molecule has 1 saturated heterocycles. The van der Waals surface area contributed by atoms with Crippen molar-refractivity contribution in [2.75, 3.05) is 26.2 Å². The van der Waals surface area contributed by atoms with E-state index in [0.717, 1.165) is 41.9 Å². The van der Waals surface area contributed by atoms with Gasteiger partial charge in [0.25, 0.3) is 5.91 Å². The number of amides is 1. The molecule has 0 bridgehead atoms. The smallest absolute Gasteiger partial charge is 0.255 e. The van der Waals surface area contributed by atoms with E-state index in [1.54, 1.807) is 0 Å². The van der Waals surface area contributed by atoms with Crippen molar-refractivity contribution in [3.8, 4) is 0 Å². The predicted octanol–water partition coefficient (Wildman–Crippen LogP) is 3.55. The standard InChI is InChI=1S/C21H21ClN4O/c1-15-19(13-16-12-17(22)5-6-20(16)24-15)21(27)26-10-8-25(9-11-26)14-18-4-2-3-7-23-18/h2-7,12-13H,8-11,14H2,1H3. The summed E-state index contributed by atoms with van der Waals surface area (Å²) in [6.07, 6.45) is 1.82. The van der Waals surface area contributed by atoms with Crippen LogP contribution in [0.3, 0.4) is 0 Å². The Hall–Kier alpha value is -2.50. The van der Waals surface area contributed by atoms with Crippen molar-refractivity contribution in [2.45, 2.75) is 13.5 Å². The van der Waals surface area contributed by atoms with Gasteiger partial charge in [-0.25, -0.2) is 0 Å². The first kappa shape index (κ1) is 17.9. The second-order valence-electron chi connectivity index (χ2n) is 6.85. The molecule has 138 valence electrons. The first-order chi connectivity index (χ1) is 13.1. The molecule has 1 fully saturated rings. The fourth-order valence-corrected chi connectivity index (χ4v) is 3.64. The van der Waals surface area contributed by atoms with Crippen LogP contribution >= 0.6 is 11.6 Å². The van der Waals surface area contributed by atoms with E-state index < -0.39 is 0 Å². The van der Waals surface area contributed by atoms with Gasteiger partial charge in [0.2, 0.25) is 0 Å². The van der Waals surface area contributed by atoms with Crippen molar-refractivity contribution in [3.63, 3.8) is 0 Å². The summed E-state index contributed by atoms with van der Waals surface area (Å²) in [6.45, 7) is 5.80. The number of carbonyl (C=O) groups excluding carboxylic acids is 1. The Morgan fingerprint density at radius 2 is 1.93 bits per heavy atom. The van der Waals surface area contributed by atoms with Crippen molar-refractivity contribution < 1.29 is 4.79 Å². The maximum Gasteiger partial charge on any atom is 0.255 e. The SMILES string of the molecule is Cc1nc2ccc(Cl)cc2cc1C(=O)N1CCN(Cc2ccccn2)CC1. The predicted molar refractivity (Wildman–Crippen MR) is 107 cm³/mol. The van der Waals surface area contributed by atoms with Crippen LogP contribution in [0, 0.1) is 6.92 Å². The fourth-order valence-electron chi connectivity index (χ4n) is 3.46. The number of fused-ring (bicyclic) bond motifs is 1. The third kappa shape index (κ3) is 3.94. The van der Waals surface area contributed by atoms with Gasteiger partial charge in [-0.2, -0.15) is 0 Å². The van der Waals surface area contributed by atoms with E-state index in [-0.39, 0.29) is 5.91 Å². The maximum atomic E-state index is 13.0. The van der Waals surface area contributed by atoms with Crippen LogP contribution in [0.1, 0.15) is 21.7 Å². The van der Waals surface area contributed by atoms with Gasteiger partial charge in [0.05, 0.1) is 22.5 Å². The van der Waals surface area contributed by atoms with Gasteiger partial charge in [-0.15, -0.1) is 0 Å². The van der Waals surface area contributed by atoms with E-state index in [2.05, 4.69) is 14.9 Å². The number of rotatable bonds is 3. The third-order valence-corrected chi connectivity index (χ3v) is 5.20. The monoisotopic (exact) mass is 380 g/mol. The lowest BCUT2D eigenvalue weighted by molar-refractivity contribution is 0.0626. The Labute approximate surface area is 163 Å². The summed E-state index contributed by atoms with van der Waals surface area (Å²) in [6, 6.07) is 13.4. The van der Waals surface area contributed by atoms with Gasteiger partial charge in [0, 0.05) is 49.3 Å². The van der Waals surface area contributed by atoms with Gasteiger partial charge in [-0.3, -0.25) is 19.7 Å². The van der Waals surface area contributed by atoms with Crippen LogP contribution < -0.4 is 0 Å². The Kier molecular flexibility index (Phi) is 5.05. The van der Waals surface area contributed by atoms with E-state index in [1.807, 2.05) is 60.5 Å². The summed E-state index contributed by atoms with van der Waals surface area (Å²) in [5.41, 5.74) is 3.33. The summed E-state index contributed by atoms with van der Waals surface area (Å²) in [7, 11) is 0. The molecule has 4 rings (SSSR count). The zero-order valence-corrected chi connectivity index (χ0v) is 16.0. The van der Waals surface area contributed by atoms with E-state index in [1.165, 1.54) is 0 Å². The molecule has 0 spiro atoms. The van der Waals surface area contributed by atoms with E-state index in [0.29, 0.717) is 23.7 Å². The molecule has 2 aromatic heterocycles. The third-order valence-electron chi connectivity index (χ3n) is 4.97. The minimum Gasteiger partial charge on any atom is -0.336 e. The van der Waals surface area contributed by atoms with Gasteiger partial charge in [-0.1, -0.05) is 17.7 Å². The summed E-state index contributed by atoms with van der Waals surface area (Å²) < 4.78 is 0. The molecule has 1 amide bonds. The molecule has 0 unspecified atom stereocenters. The van der Waals surface area contributed by atoms with Gasteiger partial charge in [0.1, 0.15) is 0 Å². The normalized spacial score (nSPS) is 15.3. The summed E-state index contributed by atoms with van der Waals surface area (Å²) in [5, 5.41) is 1.54. The highest BCUT2D eigenvalue weighted by atomic mass is 35.5. The molecule has 3 heterocycles. The molecule has 0 atom stereocenters. The molecule has 3 aromatic rings. The number of pyridine rings is 2. The largest absolute Gasteiger partial charge is 0.336 e. The number of piperazine rings is 1. The average molecular weight is 381 g/mol. The molecule has 1 aliphatic heterocycles. The van der Waals surface area contributed by atoms with E-state index in [9.17, 15) is 4.79 Å². The first-order valence-electron chi connectivity index (χ1n) is 9.08. The minimum absolute atomic E-state index is 0.0411. The highest BCUT2D eigenvalue weighted by molar-refractivity contribution is 6.31. The quantitative estimate of drug-likeness (QED) is 0.697. The van der Waals surface area contributed by atoms with Crippen molar-refractivity contribution in [1.29, 1.82) is 0 Å². The van der Waals surface area contributed by atoms with Crippen molar-refractivity contribution in [3.05, 3.63) is 70.6 Å². The molecular weight excluding hydrogens is 360 g/mol. The molecule has 1 aromatic carbocycles. The van der Waals surface area contributed by atoms with Gasteiger partial charge < -0.3 is 4.90 Å². The van der Waals surface area contributed by atoms with Crippen LogP contribution in [0.2, 0.25) is 5.02 Å². The number of nitrogens with zero attached hydrogens (tertiary/aromatic N) is 4. The van der Waals surface area contributed by atoms with Crippen molar-refractivity contribution in [2.24, 2.45) is 0 Å². The van der Waals surface area contributed by atoms with Crippen LogP contribution in [0.4, 0.5) is 0 Å². The number of benzene rings is 1. The van der Waals surface area contributed by atoms with Crippen LogP contribution in [0.15, 0.2) is 48.7 Å². The second-order valence-corrected chi connectivity index (χ2v) is 7.28.